The van der Waals surface area contributed by atoms with Crippen molar-refractivity contribution < 1.29 is 8.42 Å². The Labute approximate surface area is 151 Å². The number of H-pyrrole nitrogens is 2. The number of hydrogen-bond donors (Lipinski definition) is 3. The molecule has 1 fully saturated rings. The van der Waals surface area contributed by atoms with Gasteiger partial charge >= 0.3 is 5.69 Å². The van der Waals surface area contributed by atoms with Crippen LogP contribution in [0.1, 0.15) is 18.4 Å². The fourth-order valence-corrected chi connectivity index (χ4v) is 4.36. The molecular formula is C18H20N4O3S. The van der Waals surface area contributed by atoms with E-state index in [0.29, 0.717) is 16.7 Å². The highest BCUT2D eigenvalue weighted by atomic mass is 32.2. The molecule has 2 aromatic carbocycles. The fourth-order valence-electron chi connectivity index (χ4n) is 3.29. The number of sulfonamides is 1. The number of anilines is 2. The molecule has 0 spiro atoms. The summed E-state index contributed by atoms with van der Waals surface area (Å²) in [6.45, 7) is 3.63. The topological polar surface area (TPSA) is 98.1 Å². The largest absolute Gasteiger partial charge is 0.370 e. The molecule has 0 radical (unpaired) electrons. The molecule has 8 heteroatoms. The van der Waals surface area contributed by atoms with Crippen molar-refractivity contribution in [3.8, 4) is 0 Å². The summed E-state index contributed by atoms with van der Waals surface area (Å²) < 4.78 is 28.3. The molecule has 136 valence electrons. The molecule has 3 aromatic rings. The van der Waals surface area contributed by atoms with Gasteiger partial charge in [-0.25, -0.2) is 13.2 Å². The third kappa shape index (κ3) is 3.08. The van der Waals surface area contributed by atoms with Gasteiger partial charge in [-0.1, -0.05) is 17.7 Å². The number of hydrogen-bond acceptors (Lipinski definition) is 4. The molecule has 0 saturated carbocycles. The molecule has 1 aliphatic heterocycles. The van der Waals surface area contributed by atoms with Crippen molar-refractivity contribution >= 4 is 32.4 Å². The zero-order valence-electron chi connectivity index (χ0n) is 14.4. The molecule has 0 aliphatic carbocycles. The summed E-state index contributed by atoms with van der Waals surface area (Å²) in [5, 5.41) is 0. The van der Waals surface area contributed by atoms with E-state index in [0.717, 1.165) is 37.2 Å². The maximum atomic E-state index is 12.8. The van der Waals surface area contributed by atoms with Gasteiger partial charge in [0.05, 0.1) is 27.3 Å². The monoisotopic (exact) mass is 372 g/mol. The summed E-state index contributed by atoms with van der Waals surface area (Å²) in [4.78, 5) is 19.4. The molecule has 3 N–H and O–H groups in total. The Morgan fingerprint density at radius 3 is 2.27 bits per heavy atom. The number of fused-ring (bicyclic) bond motifs is 1. The number of aromatic nitrogens is 2. The maximum absolute atomic E-state index is 12.8. The van der Waals surface area contributed by atoms with E-state index in [9.17, 15) is 13.2 Å². The van der Waals surface area contributed by atoms with E-state index in [2.05, 4.69) is 19.6 Å². The SMILES string of the molecule is Cc1ccc(S(=O)(=O)Nc2cc3[nH]c(=O)[nH]c3cc2N2CCCC2)cc1. The third-order valence-corrected chi connectivity index (χ3v) is 6.04. The van der Waals surface area contributed by atoms with E-state index in [-0.39, 0.29) is 10.6 Å². The first-order valence-corrected chi connectivity index (χ1v) is 10.0. The van der Waals surface area contributed by atoms with Gasteiger partial charge < -0.3 is 14.9 Å². The average Bonchev–Trinajstić information content (AvgIpc) is 3.22. The van der Waals surface area contributed by atoms with Gasteiger partial charge in [0.2, 0.25) is 0 Å². The van der Waals surface area contributed by atoms with Crippen LogP contribution in [0.3, 0.4) is 0 Å². The van der Waals surface area contributed by atoms with Crippen molar-refractivity contribution in [3.63, 3.8) is 0 Å². The molecule has 0 amide bonds. The van der Waals surface area contributed by atoms with Crippen LogP contribution in [0.15, 0.2) is 46.1 Å². The first-order valence-electron chi connectivity index (χ1n) is 8.53. The standard InChI is InChI=1S/C18H20N4O3S/c1-12-4-6-13(7-5-12)26(24,25)21-16-10-14-15(20-18(23)19-14)11-17(16)22-8-2-3-9-22/h4-7,10-11,21H,2-3,8-9H2,1H3,(H2,19,20,23). The first kappa shape index (κ1) is 16.7. The van der Waals surface area contributed by atoms with Crippen LogP contribution in [-0.4, -0.2) is 31.5 Å². The Morgan fingerprint density at radius 1 is 1.00 bits per heavy atom. The van der Waals surface area contributed by atoms with E-state index in [4.69, 9.17) is 0 Å². The second kappa shape index (κ2) is 6.21. The highest BCUT2D eigenvalue weighted by Crippen LogP contribution is 2.33. The molecule has 7 nitrogen and oxygen atoms in total. The Bertz CT molecular complexity index is 1110. The van der Waals surface area contributed by atoms with Gasteiger partial charge in [-0.3, -0.25) is 4.72 Å². The van der Waals surface area contributed by atoms with Crippen molar-refractivity contribution in [1.82, 2.24) is 9.97 Å². The lowest BCUT2D eigenvalue weighted by Gasteiger charge is -2.22. The van der Waals surface area contributed by atoms with Crippen molar-refractivity contribution in [3.05, 3.63) is 52.4 Å². The Kier molecular flexibility index (Phi) is 3.99. The zero-order valence-corrected chi connectivity index (χ0v) is 15.2. The summed E-state index contributed by atoms with van der Waals surface area (Å²) in [6.07, 6.45) is 2.12. The minimum absolute atomic E-state index is 0.207. The molecule has 2 heterocycles. The number of rotatable bonds is 4. The van der Waals surface area contributed by atoms with Crippen LogP contribution in [-0.2, 0) is 10.0 Å². The van der Waals surface area contributed by atoms with E-state index in [1.54, 1.807) is 30.3 Å². The highest BCUT2D eigenvalue weighted by Gasteiger charge is 2.21. The third-order valence-electron chi connectivity index (χ3n) is 4.65. The van der Waals surface area contributed by atoms with Crippen LogP contribution in [0.25, 0.3) is 11.0 Å². The molecule has 26 heavy (non-hydrogen) atoms. The highest BCUT2D eigenvalue weighted by molar-refractivity contribution is 7.92. The molecule has 1 saturated heterocycles. The molecule has 0 bridgehead atoms. The van der Waals surface area contributed by atoms with Crippen molar-refractivity contribution in [1.29, 1.82) is 0 Å². The van der Waals surface area contributed by atoms with Gasteiger partial charge in [0.15, 0.2) is 0 Å². The van der Waals surface area contributed by atoms with Crippen LogP contribution in [0.2, 0.25) is 0 Å². The molecule has 0 unspecified atom stereocenters. The van der Waals surface area contributed by atoms with Gasteiger partial charge in [-0.2, -0.15) is 0 Å². The lowest BCUT2D eigenvalue weighted by molar-refractivity contribution is 0.601. The van der Waals surface area contributed by atoms with Crippen LogP contribution < -0.4 is 15.3 Å². The lowest BCUT2D eigenvalue weighted by atomic mass is 10.2. The van der Waals surface area contributed by atoms with Crippen molar-refractivity contribution in [2.45, 2.75) is 24.7 Å². The van der Waals surface area contributed by atoms with Gasteiger partial charge in [-0.15, -0.1) is 0 Å². The quantitative estimate of drug-likeness (QED) is 0.655. The number of aryl methyl sites for hydroxylation is 1. The molecule has 0 atom stereocenters. The molecular weight excluding hydrogens is 352 g/mol. The van der Waals surface area contributed by atoms with Gasteiger partial charge in [0.1, 0.15) is 0 Å². The van der Waals surface area contributed by atoms with Crippen LogP contribution in [0.4, 0.5) is 11.4 Å². The Morgan fingerprint density at radius 2 is 1.62 bits per heavy atom. The summed E-state index contributed by atoms with van der Waals surface area (Å²) in [7, 11) is -3.72. The van der Waals surface area contributed by atoms with Gasteiger partial charge in [-0.05, 0) is 44.0 Å². The number of benzene rings is 2. The Balaban J connectivity index is 1.79. The average molecular weight is 372 g/mol. The van der Waals surface area contributed by atoms with Crippen molar-refractivity contribution in [2.24, 2.45) is 0 Å². The number of nitrogens with zero attached hydrogens (tertiary/aromatic N) is 1. The van der Waals surface area contributed by atoms with Crippen molar-refractivity contribution in [2.75, 3.05) is 22.7 Å². The normalized spacial score (nSPS) is 14.9. The predicted molar refractivity (Wildman–Crippen MR) is 102 cm³/mol. The van der Waals surface area contributed by atoms with Crippen LogP contribution in [0.5, 0.6) is 0 Å². The van der Waals surface area contributed by atoms with Crippen LogP contribution in [0, 0.1) is 6.92 Å². The smallest absolute Gasteiger partial charge is 0.323 e. The molecule has 1 aromatic heterocycles. The van der Waals surface area contributed by atoms with Gasteiger partial charge in [0, 0.05) is 13.1 Å². The molecule has 4 rings (SSSR count). The zero-order chi connectivity index (χ0) is 18.3. The van der Waals surface area contributed by atoms with E-state index < -0.39 is 10.0 Å². The number of imidazole rings is 1. The summed E-state index contributed by atoms with van der Waals surface area (Å²) in [5.74, 6) is 0. The lowest BCUT2D eigenvalue weighted by Crippen LogP contribution is -2.21. The van der Waals surface area contributed by atoms with Crippen LogP contribution >= 0.6 is 0 Å². The minimum atomic E-state index is -3.72. The van der Waals surface area contributed by atoms with E-state index in [1.807, 2.05) is 13.0 Å². The maximum Gasteiger partial charge on any atom is 0.323 e. The first-order chi connectivity index (χ1) is 12.4. The minimum Gasteiger partial charge on any atom is -0.370 e. The van der Waals surface area contributed by atoms with E-state index in [1.165, 1.54) is 0 Å². The van der Waals surface area contributed by atoms with Gasteiger partial charge in [0.25, 0.3) is 10.0 Å². The molecule has 1 aliphatic rings. The summed E-state index contributed by atoms with van der Waals surface area (Å²) >= 11 is 0. The summed E-state index contributed by atoms with van der Waals surface area (Å²) in [5.41, 5.74) is 3.16. The second-order valence-electron chi connectivity index (χ2n) is 6.61. The van der Waals surface area contributed by atoms with E-state index >= 15 is 0 Å². The number of nitrogens with one attached hydrogen (secondary N) is 3. The number of aromatic amines is 2. The Hall–Kier alpha value is -2.74. The summed E-state index contributed by atoms with van der Waals surface area (Å²) in [6, 6.07) is 10.2. The predicted octanol–water partition coefficient (Wildman–Crippen LogP) is 2.57. The fraction of sp³-hybridized carbons (Fsp3) is 0.278. The second-order valence-corrected chi connectivity index (χ2v) is 8.29.